The highest BCUT2D eigenvalue weighted by atomic mass is 79.9. The summed E-state index contributed by atoms with van der Waals surface area (Å²) in [5.74, 6) is 1.58. The topological polar surface area (TPSA) is 80.0 Å². The maximum absolute atomic E-state index is 12.1. The van der Waals surface area contributed by atoms with Crippen LogP contribution in [0.25, 0.3) is 11.4 Å². The van der Waals surface area contributed by atoms with Gasteiger partial charge in [-0.1, -0.05) is 21.1 Å². The number of hydrogen-bond acceptors (Lipinski definition) is 5. The molecule has 0 spiro atoms. The Labute approximate surface area is 149 Å². The lowest BCUT2D eigenvalue weighted by Crippen LogP contribution is -2.27. The third-order valence-corrected chi connectivity index (χ3v) is 4.76. The molecule has 6 nitrogen and oxygen atoms in total. The van der Waals surface area contributed by atoms with Crippen molar-refractivity contribution in [3.63, 3.8) is 0 Å². The number of amides is 1. The molecule has 0 bridgehead atoms. The van der Waals surface area contributed by atoms with Crippen molar-refractivity contribution in [3.05, 3.63) is 34.6 Å². The largest absolute Gasteiger partial charge is 0.345 e. The fourth-order valence-electron chi connectivity index (χ4n) is 2.80. The van der Waals surface area contributed by atoms with E-state index in [0.717, 1.165) is 36.0 Å². The highest BCUT2D eigenvalue weighted by molar-refractivity contribution is 9.10. The Hall–Kier alpha value is -1.73. The smallest absolute Gasteiger partial charge is 0.249 e. The monoisotopic (exact) mass is 392 g/mol. The van der Waals surface area contributed by atoms with E-state index < -0.39 is 0 Å². The number of halogens is 1. The Balaban J connectivity index is 1.54. The summed E-state index contributed by atoms with van der Waals surface area (Å²) in [4.78, 5) is 16.5. The average molecular weight is 393 g/mol. The minimum Gasteiger partial charge on any atom is -0.345 e. The molecule has 3 rings (SSSR count). The van der Waals surface area contributed by atoms with Crippen molar-refractivity contribution in [2.75, 3.05) is 13.1 Å². The van der Waals surface area contributed by atoms with E-state index in [4.69, 9.17) is 4.52 Å². The van der Waals surface area contributed by atoms with Crippen LogP contribution in [0.3, 0.4) is 0 Å². The summed E-state index contributed by atoms with van der Waals surface area (Å²) in [7, 11) is 0. The second-order valence-corrected chi connectivity index (χ2v) is 7.07. The van der Waals surface area contributed by atoms with E-state index in [-0.39, 0.29) is 11.9 Å². The van der Waals surface area contributed by atoms with Gasteiger partial charge in [-0.2, -0.15) is 4.98 Å². The van der Waals surface area contributed by atoms with Gasteiger partial charge in [-0.15, -0.1) is 0 Å². The van der Waals surface area contributed by atoms with Gasteiger partial charge < -0.3 is 15.2 Å². The standard InChI is InChI=1S/C17H21BrN4O2/c1-11(20-15(23)7-2-12-8-9-19-10-12)17-21-16(22-24-17)13-3-5-14(18)6-4-13/h3-6,11-12,19H,2,7-10H2,1H3,(H,20,23). The Bertz CT molecular complexity index is 680. The van der Waals surface area contributed by atoms with E-state index in [9.17, 15) is 4.79 Å². The van der Waals surface area contributed by atoms with Crippen LogP contribution in [0.4, 0.5) is 0 Å². The molecular weight excluding hydrogens is 372 g/mol. The van der Waals surface area contributed by atoms with Gasteiger partial charge in [-0.05, 0) is 63.0 Å². The van der Waals surface area contributed by atoms with Crippen LogP contribution in [0.1, 0.15) is 38.1 Å². The molecule has 2 aromatic rings. The van der Waals surface area contributed by atoms with Gasteiger partial charge >= 0.3 is 0 Å². The molecule has 128 valence electrons. The predicted molar refractivity (Wildman–Crippen MR) is 94.2 cm³/mol. The minimum absolute atomic E-state index is 0.0257. The van der Waals surface area contributed by atoms with E-state index in [1.54, 1.807) is 0 Å². The zero-order valence-electron chi connectivity index (χ0n) is 13.6. The third kappa shape index (κ3) is 4.42. The Morgan fingerprint density at radius 3 is 2.96 bits per heavy atom. The maximum atomic E-state index is 12.1. The van der Waals surface area contributed by atoms with Gasteiger partial charge in [-0.3, -0.25) is 4.79 Å². The lowest BCUT2D eigenvalue weighted by atomic mass is 10.0. The second kappa shape index (κ2) is 7.90. The van der Waals surface area contributed by atoms with Crippen LogP contribution in [-0.4, -0.2) is 29.1 Å². The first-order chi connectivity index (χ1) is 11.6. The lowest BCUT2D eigenvalue weighted by Gasteiger charge is -2.11. The summed E-state index contributed by atoms with van der Waals surface area (Å²) in [6.07, 6.45) is 2.60. The van der Waals surface area contributed by atoms with Crippen molar-refractivity contribution in [2.45, 2.75) is 32.2 Å². The van der Waals surface area contributed by atoms with Crippen molar-refractivity contribution in [2.24, 2.45) is 5.92 Å². The normalized spacial score (nSPS) is 18.5. The number of carbonyl (C=O) groups excluding carboxylic acids is 1. The fraction of sp³-hybridized carbons (Fsp3) is 0.471. The fourth-order valence-corrected chi connectivity index (χ4v) is 3.06. The average Bonchev–Trinajstić information content (AvgIpc) is 3.25. The molecule has 2 heterocycles. The van der Waals surface area contributed by atoms with Gasteiger partial charge in [0.15, 0.2) is 0 Å². The third-order valence-electron chi connectivity index (χ3n) is 4.23. The molecule has 1 aliphatic heterocycles. The second-order valence-electron chi connectivity index (χ2n) is 6.15. The lowest BCUT2D eigenvalue weighted by molar-refractivity contribution is -0.122. The first-order valence-electron chi connectivity index (χ1n) is 8.21. The molecule has 1 saturated heterocycles. The van der Waals surface area contributed by atoms with Gasteiger partial charge in [0.05, 0.1) is 0 Å². The zero-order valence-corrected chi connectivity index (χ0v) is 15.2. The molecule has 1 aromatic carbocycles. The van der Waals surface area contributed by atoms with Crippen LogP contribution < -0.4 is 10.6 Å². The summed E-state index contributed by atoms with van der Waals surface area (Å²) < 4.78 is 6.29. The number of aromatic nitrogens is 2. The van der Waals surface area contributed by atoms with E-state index in [2.05, 4.69) is 36.7 Å². The summed E-state index contributed by atoms with van der Waals surface area (Å²) in [5.41, 5.74) is 0.875. The molecule has 2 unspecified atom stereocenters. The number of nitrogens with zero attached hydrogens (tertiary/aromatic N) is 2. The summed E-state index contributed by atoms with van der Waals surface area (Å²) in [6.45, 7) is 3.93. The summed E-state index contributed by atoms with van der Waals surface area (Å²) in [6, 6.07) is 7.38. The first-order valence-corrected chi connectivity index (χ1v) is 9.01. The Kier molecular flexibility index (Phi) is 5.63. The maximum Gasteiger partial charge on any atom is 0.249 e. The van der Waals surface area contributed by atoms with Crippen LogP contribution >= 0.6 is 15.9 Å². The molecule has 1 fully saturated rings. The minimum atomic E-state index is -0.295. The molecule has 2 atom stereocenters. The quantitative estimate of drug-likeness (QED) is 0.789. The van der Waals surface area contributed by atoms with E-state index in [0.29, 0.717) is 24.1 Å². The van der Waals surface area contributed by atoms with Crippen LogP contribution in [0, 0.1) is 5.92 Å². The van der Waals surface area contributed by atoms with E-state index >= 15 is 0 Å². The Morgan fingerprint density at radius 1 is 1.46 bits per heavy atom. The highest BCUT2D eigenvalue weighted by Crippen LogP contribution is 2.21. The molecule has 7 heteroatoms. The summed E-state index contributed by atoms with van der Waals surface area (Å²) >= 11 is 3.40. The van der Waals surface area contributed by atoms with Gasteiger partial charge in [0.1, 0.15) is 6.04 Å². The number of rotatable bonds is 6. The Morgan fingerprint density at radius 2 is 2.25 bits per heavy atom. The molecule has 1 aromatic heterocycles. The molecular formula is C17H21BrN4O2. The molecule has 1 amide bonds. The van der Waals surface area contributed by atoms with Gasteiger partial charge in [-0.25, -0.2) is 0 Å². The molecule has 0 aliphatic carbocycles. The number of benzene rings is 1. The molecule has 0 saturated carbocycles. The predicted octanol–water partition coefficient (Wildman–Crippen LogP) is 3.07. The van der Waals surface area contributed by atoms with Crippen LogP contribution in [0.2, 0.25) is 0 Å². The van der Waals surface area contributed by atoms with E-state index in [1.165, 1.54) is 0 Å². The number of nitrogens with one attached hydrogen (secondary N) is 2. The zero-order chi connectivity index (χ0) is 16.9. The first kappa shape index (κ1) is 17.1. The SMILES string of the molecule is CC(NC(=O)CCC1CCNC1)c1nc(-c2ccc(Br)cc2)no1. The van der Waals surface area contributed by atoms with Crippen LogP contribution in [0.15, 0.2) is 33.3 Å². The van der Waals surface area contributed by atoms with Crippen molar-refractivity contribution in [1.82, 2.24) is 20.8 Å². The number of hydrogen-bond donors (Lipinski definition) is 2. The molecule has 2 N–H and O–H groups in total. The van der Waals surface area contributed by atoms with Gasteiger partial charge in [0.25, 0.3) is 0 Å². The summed E-state index contributed by atoms with van der Waals surface area (Å²) in [5, 5.41) is 10.2. The number of carbonyl (C=O) groups is 1. The molecule has 1 aliphatic rings. The highest BCUT2D eigenvalue weighted by Gasteiger charge is 2.19. The van der Waals surface area contributed by atoms with Gasteiger partial charge in [0, 0.05) is 16.5 Å². The molecule has 0 radical (unpaired) electrons. The van der Waals surface area contributed by atoms with Crippen molar-refractivity contribution in [3.8, 4) is 11.4 Å². The van der Waals surface area contributed by atoms with Gasteiger partial charge in [0.2, 0.25) is 17.6 Å². The van der Waals surface area contributed by atoms with Crippen LogP contribution in [-0.2, 0) is 4.79 Å². The van der Waals surface area contributed by atoms with Crippen molar-refractivity contribution >= 4 is 21.8 Å². The van der Waals surface area contributed by atoms with Crippen LogP contribution in [0.5, 0.6) is 0 Å². The van der Waals surface area contributed by atoms with E-state index in [1.807, 2.05) is 31.2 Å². The van der Waals surface area contributed by atoms with Crippen molar-refractivity contribution in [1.29, 1.82) is 0 Å². The van der Waals surface area contributed by atoms with Crippen molar-refractivity contribution < 1.29 is 9.32 Å². The molecule has 24 heavy (non-hydrogen) atoms.